The number of carbonyl (C=O) groups excluding carboxylic acids is 3. The van der Waals surface area contributed by atoms with Crippen LogP contribution in [0.15, 0.2) is 103 Å². The molecule has 0 unspecified atom stereocenters. The number of nitrogens with one attached hydrogen (secondary N) is 6. The predicted octanol–water partition coefficient (Wildman–Crippen LogP) is 4.09. The Bertz CT molecular complexity index is 2310. The molecule has 3 amide bonds. The molecule has 0 aromatic heterocycles. The number of hydrazone groups is 6. The fourth-order valence-corrected chi connectivity index (χ4v) is 5.74. The van der Waals surface area contributed by atoms with E-state index in [2.05, 4.69) is 63.2 Å². The molecule has 312 valence electrons. The topological polar surface area (TPSA) is 340 Å². The van der Waals surface area contributed by atoms with Gasteiger partial charge in [-0.15, -0.1) is 0 Å². The Morgan fingerprint density at radius 2 is 0.683 bits per heavy atom. The van der Waals surface area contributed by atoms with Crippen LogP contribution >= 0.6 is 0 Å². The zero-order valence-electron chi connectivity index (χ0n) is 33.9. The lowest BCUT2D eigenvalue weighted by molar-refractivity contribution is -0.122. The zero-order valence-corrected chi connectivity index (χ0v) is 33.9. The molecule has 6 rings (SSSR count). The molecule has 3 aliphatic rings. The lowest BCUT2D eigenvalue weighted by Gasteiger charge is -2.19. The van der Waals surface area contributed by atoms with Gasteiger partial charge in [0.25, 0.3) is 0 Å². The first-order chi connectivity index (χ1) is 30.4. The molecular formula is C42H36N18O3. The number of carbonyl (C=O) groups is 3. The first kappa shape index (κ1) is 46.1. The number of amides is 3. The molecule has 0 bridgehead atoms. The second kappa shape index (κ2) is 23.1. The molecule has 0 saturated heterocycles. The molecule has 21 heteroatoms. The first-order valence-electron chi connectivity index (χ1n) is 18.7. The number of anilines is 3. The summed E-state index contributed by atoms with van der Waals surface area (Å²) >= 11 is 0. The fourth-order valence-electron chi connectivity index (χ4n) is 5.74. The molecule has 3 aliphatic heterocycles. The highest BCUT2D eigenvalue weighted by molar-refractivity contribution is 6.12. The van der Waals surface area contributed by atoms with Crippen molar-refractivity contribution in [2.24, 2.45) is 48.4 Å². The third-order valence-electron chi connectivity index (χ3n) is 8.85. The van der Waals surface area contributed by atoms with Gasteiger partial charge in [0.15, 0.2) is 0 Å². The maximum Gasteiger partial charge on any atom is 0.240 e. The summed E-state index contributed by atoms with van der Waals surface area (Å²) in [6, 6.07) is 31.6. The standard InChI is InChI=1S/3C14H12N6O/c3*1-9-6-13(21)19-20-14(9)10-2-4-11(5-3-10)17-18-12(7-15)8-16/h3*2-5,9,17H,6H2,1H3,(H,19,21)/t3*9-/m111/s1. The largest absolute Gasteiger partial charge is 0.277 e. The van der Waals surface area contributed by atoms with E-state index in [1.807, 2.05) is 57.2 Å². The van der Waals surface area contributed by atoms with Crippen LogP contribution in [0.2, 0.25) is 0 Å². The summed E-state index contributed by atoms with van der Waals surface area (Å²) in [5, 5.41) is 74.6. The minimum absolute atomic E-state index is 0.0550. The van der Waals surface area contributed by atoms with Crippen LogP contribution in [0, 0.1) is 85.7 Å². The highest BCUT2D eigenvalue weighted by atomic mass is 16.2. The third kappa shape index (κ3) is 13.8. The smallest absolute Gasteiger partial charge is 0.240 e. The summed E-state index contributed by atoms with van der Waals surface area (Å²) < 4.78 is 0. The van der Waals surface area contributed by atoms with E-state index in [4.69, 9.17) is 31.6 Å². The summed E-state index contributed by atoms with van der Waals surface area (Å²) in [5.41, 5.74) is 21.7. The van der Waals surface area contributed by atoms with Gasteiger partial charge >= 0.3 is 0 Å². The molecule has 0 spiro atoms. The van der Waals surface area contributed by atoms with Gasteiger partial charge in [-0.25, -0.2) is 16.3 Å². The zero-order chi connectivity index (χ0) is 45.7. The molecule has 3 heterocycles. The molecule has 0 saturated carbocycles. The lowest BCUT2D eigenvalue weighted by Crippen LogP contribution is -2.31. The van der Waals surface area contributed by atoms with Crippen molar-refractivity contribution >= 4 is 69.1 Å². The van der Waals surface area contributed by atoms with Gasteiger partial charge < -0.3 is 0 Å². The van der Waals surface area contributed by atoms with Crippen molar-refractivity contribution in [2.45, 2.75) is 40.0 Å². The van der Waals surface area contributed by atoms with Gasteiger partial charge in [0.2, 0.25) is 34.9 Å². The van der Waals surface area contributed by atoms with Crippen molar-refractivity contribution in [3.63, 3.8) is 0 Å². The molecule has 0 aliphatic carbocycles. The van der Waals surface area contributed by atoms with Gasteiger partial charge in [-0.3, -0.25) is 30.7 Å². The van der Waals surface area contributed by atoms with Crippen molar-refractivity contribution in [3.8, 4) is 36.4 Å². The van der Waals surface area contributed by atoms with E-state index < -0.39 is 0 Å². The average Bonchev–Trinajstić information content (AvgIpc) is 3.29. The Morgan fingerprint density at radius 1 is 0.460 bits per heavy atom. The SMILES string of the molecule is C[C@@H]1CC(=O)NN=C1c1ccc(NN=C(C#N)C#N)cc1.C[C@@H]1CC(=O)NN=C1c1ccc(NN=C(C#N)C#N)cc1.C[C@@H]1CC(=O)NN=C1c1ccc(NN=C(C#N)C#N)cc1. The minimum atomic E-state index is -0.243. The Balaban J connectivity index is 0.000000207. The number of hydrogen-bond acceptors (Lipinski definition) is 18. The lowest BCUT2D eigenvalue weighted by atomic mass is 9.94. The van der Waals surface area contributed by atoms with E-state index in [0.29, 0.717) is 36.3 Å². The van der Waals surface area contributed by atoms with Crippen LogP contribution in [-0.4, -0.2) is 52.0 Å². The van der Waals surface area contributed by atoms with Crippen LogP contribution in [0.4, 0.5) is 17.1 Å². The van der Waals surface area contributed by atoms with Crippen molar-refractivity contribution in [3.05, 3.63) is 89.5 Å². The van der Waals surface area contributed by atoms with E-state index in [0.717, 1.165) is 33.8 Å². The van der Waals surface area contributed by atoms with Gasteiger partial charge in [0, 0.05) is 37.0 Å². The third-order valence-corrected chi connectivity index (χ3v) is 8.85. The van der Waals surface area contributed by atoms with Gasteiger partial charge in [-0.1, -0.05) is 57.2 Å². The molecule has 21 nitrogen and oxygen atoms in total. The van der Waals surface area contributed by atoms with Crippen molar-refractivity contribution in [2.75, 3.05) is 16.3 Å². The van der Waals surface area contributed by atoms with E-state index in [9.17, 15) is 14.4 Å². The number of nitrogens with zero attached hydrogens (tertiary/aromatic N) is 12. The van der Waals surface area contributed by atoms with Gasteiger partial charge in [-0.2, -0.15) is 62.2 Å². The maximum absolute atomic E-state index is 11.2. The minimum Gasteiger partial charge on any atom is -0.277 e. The van der Waals surface area contributed by atoms with Crippen LogP contribution < -0.4 is 32.6 Å². The van der Waals surface area contributed by atoms with Crippen molar-refractivity contribution in [1.29, 1.82) is 31.6 Å². The van der Waals surface area contributed by atoms with E-state index in [1.165, 1.54) is 0 Å². The van der Waals surface area contributed by atoms with Gasteiger partial charge in [0.05, 0.1) is 34.2 Å². The van der Waals surface area contributed by atoms with E-state index in [1.54, 1.807) is 72.8 Å². The van der Waals surface area contributed by atoms with Crippen LogP contribution in [0.5, 0.6) is 0 Å². The summed E-state index contributed by atoms with van der Waals surface area (Å²) in [5.74, 6) is -0.0867. The normalized spacial score (nSPS) is 16.8. The molecular weight excluding hydrogens is 805 g/mol. The summed E-state index contributed by atoms with van der Waals surface area (Å²) in [6.07, 6.45) is 1.24. The van der Waals surface area contributed by atoms with E-state index >= 15 is 0 Å². The Hall–Kier alpha value is -9.57. The van der Waals surface area contributed by atoms with E-state index in [-0.39, 0.29) is 52.6 Å². The second-order valence-corrected chi connectivity index (χ2v) is 13.5. The van der Waals surface area contributed by atoms with Crippen LogP contribution in [-0.2, 0) is 14.4 Å². The summed E-state index contributed by atoms with van der Waals surface area (Å²) in [6.45, 7) is 5.83. The Kier molecular flexibility index (Phi) is 16.9. The maximum atomic E-state index is 11.2. The summed E-state index contributed by atoms with van der Waals surface area (Å²) in [4.78, 5) is 33.6. The quantitative estimate of drug-likeness (QED) is 0.131. The first-order valence-corrected chi connectivity index (χ1v) is 18.7. The van der Waals surface area contributed by atoms with Crippen molar-refractivity contribution in [1.82, 2.24) is 16.3 Å². The van der Waals surface area contributed by atoms with Crippen LogP contribution in [0.1, 0.15) is 56.7 Å². The predicted molar refractivity (Wildman–Crippen MR) is 232 cm³/mol. The average molecular weight is 841 g/mol. The molecule has 3 aromatic carbocycles. The summed E-state index contributed by atoms with van der Waals surface area (Å²) in [7, 11) is 0. The van der Waals surface area contributed by atoms with Crippen LogP contribution in [0.25, 0.3) is 0 Å². The molecule has 63 heavy (non-hydrogen) atoms. The Morgan fingerprint density at radius 3 is 0.873 bits per heavy atom. The number of nitriles is 6. The monoisotopic (exact) mass is 840 g/mol. The molecule has 3 aromatic rings. The highest BCUT2D eigenvalue weighted by Gasteiger charge is 2.23. The van der Waals surface area contributed by atoms with Crippen LogP contribution in [0.3, 0.4) is 0 Å². The van der Waals surface area contributed by atoms with Gasteiger partial charge in [0.1, 0.15) is 36.4 Å². The van der Waals surface area contributed by atoms with Crippen molar-refractivity contribution < 1.29 is 14.4 Å². The fraction of sp³-hybridized carbons (Fsp3) is 0.214. The number of hydrogen-bond donors (Lipinski definition) is 6. The molecule has 3 atom stereocenters. The highest BCUT2D eigenvalue weighted by Crippen LogP contribution is 2.21. The molecule has 0 fully saturated rings. The molecule has 6 N–H and O–H groups in total. The number of benzene rings is 3. The second-order valence-electron chi connectivity index (χ2n) is 13.5. The van der Waals surface area contributed by atoms with Gasteiger partial charge in [-0.05, 0) is 53.1 Å². The molecule has 0 radical (unpaired) electrons. The number of rotatable bonds is 9. The Labute approximate surface area is 361 Å².